The summed E-state index contributed by atoms with van der Waals surface area (Å²) in [6, 6.07) is 7.66. The number of hydrogen-bond donors (Lipinski definition) is 0. The van der Waals surface area contributed by atoms with Crippen molar-refractivity contribution in [3.8, 4) is 11.5 Å². The van der Waals surface area contributed by atoms with E-state index in [0.29, 0.717) is 22.3 Å². The highest BCUT2D eigenvalue weighted by Gasteiger charge is 2.14. The molecule has 0 saturated carbocycles. The molecule has 1 aromatic carbocycles. The molecule has 3 heterocycles. The molecule has 0 atom stereocenters. The van der Waals surface area contributed by atoms with Crippen LogP contribution in [0.5, 0.6) is 0 Å². The van der Waals surface area contributed by atoms with E-state index in [1.165, 1.54) is 39.7 Å². The van der Waals surface area contributed by atoms with Crippen molar-refractivity contribution < 1.29 is 8.81 Å². The van der Waals surface area contributed by atoms with Crippen molar-refractivity contribution in [3.63, 3.8) is 0 Å². The molecular formula is C18H16FN5O2S2. The van der Waals surface area contributed by atoms with E-state index in [4.69, 9.17) is 4.42 Å². The zero-order chi connectivity index (χ0) is 19.7. The molecule has 0 radical (unpaired) electrons. The van der Waals surface area contributed by atoms with Gasteiger partial charge in [-0.15, -0.1) is 10.2 Å². The Bertz CT molecular complexity index is 1180. The van der Waals surface area contributed by atoms with Crippen molar-refractivity contribution in [1.29, 1.82) is 0 Å². The number of aromatic nitrogens is 5. The van der Waals surface area contributed by atoms with Gasteiger partial charge in [0.15, 0.2) is 0 Å². The van der Waals surface area contributed by atoms with Crippen molar-refractivity contribution >= 4 is 28.1 Å². The van der Waals surface area contributed by atoms with E-state index in [1.807, 2.05) is 0 Å². The molecule has 4 aromatic rings. The van der Waals surface area contributed by atoms with Crippen LogP contribution in [0, 0.1) is 11.7 Å². The fourth-order valence-electron chi connectivity index (χ4n) is 2.55. The summed E-state index contributed by atoms with van der Waals surface area (Å²) in [5.74, 6) is 0.518. The zero-order valence-electron chi connectivity index (χ0n) is 15.1. The summed E-state index contributed by atoms with van der Waals surface area (Å²) in [5.41, 5.74) is 0.631. The summed E-state index contributed by atoms with van der Waals surface area (Å²) in [4.78, 5) is 17.4. The maximum Gasteiger partial charge on any atom is 0.277 e. The van der Waals surface area contributed by atoms with Gasteiger partial charge in [-0.1, -0.05) is 49.1 Å². The van der Waals surface area contributed by atoms with Gasteiger partial charge in [-0.2, -0.15) is 9.61 Å². The van der Waals surface area contributed by atoms with Gasteiger partial charge in [0.25, 0.3) is 16.7 Å². The molecule has 28 heavy (non-hydrogen) atoms. The quantitative estimate of drug-likeness (QED) is 0.441. The third-order valence-corrected chi connectivity index (χ3v) is 5.56. The lowest BCUT2D eigenvalue weighted by Crippen LogP contribution is -2.15. The van der Waals surface area contributed by atoms with E-state index >= 15 is 0 Å². The van der Waals surface area contributed by atoms with Crippen molar-refractivity contribution in [2.75, 3.05) is 0 Å². The predicted molar refractivity (Wildman–Crippen MR) is 105 cm³/mol. The summed E-state index contributed by atoms with van der Waals surface area (Å²) in [5, 5.41) is 13.3. The predicted octanol–water partition coefficient (Wildman–Crippen LogP) is 3.83. The first-order valence-corrected chi connectivity index (χ1v) is 10.4. The number of nitrogens with zero attached hydrogens (tertiary/aromatic N) is 5. The number of hydrogen-bond acceptors (Lipinski definition) is 8. The molecule has 3 aromatic heterocycles. The molecule has 7 nitrogen and oxygen atoms in total. The Morgan fingerprint density at radius 3 is 2.89 bits per heavy atom. The van der Waals surface area contributed by atoms with E-state index in [9.17, 15) is 9.18 Å². The Hall–Kier alpha value is -2.59. The molecule has 10 heteroatoms. The normalized spacial score (nSPS) is 11.6. The van der Waals surface area contributed by atoms with Gasteiger partial charge in [-0.3, -0.25) is 4.79 Å². The van der Waals surface area contributed by atoms with Crippen LogP contribution >= 0.6 is 23.1 Å². The summed E-state index contributed by atoms with van der Waals surface area (Å²) in [6.07, 6.45) is 0.804. The largest absolute Gasteiger partial charge is 0.411 e. The van der Waals surface area contributed by atoms with Gasteiger partial charge in [0.05, 0.1) is 11.3 Å². The Morgan fingerprint density at radius 1 is 1.29 bits per heavy atom. The highest BCUT2D eigenvalue weighted by Crippen LogP contribution is 2.26. The molecule has 0 bridgehead atoms. The fraction of sp³-hybridized carbons (Fsp3) is 0.278. The Morgan fingerprint density at radius 2 is 2.11 bits per heavy atom. The lowest BCUT2D eigenvalue weighted by molar-refractivity contribution is 0.462. The van der Waals surface area contributed by atoms with Gasteiger partial charge in [-0.25, -0.2) is 9.37 Å². The molecule has 0 spiro atoms. The molecular weight excluding hydrogens is 401 g/mol. The smallest absolute Gasteiger partial charge is 0.277 e. The van der Waals surface area contributed by atoms with Crippen LogP contribution in [-0.2, 0) is 12.2 Å². The van der Waals surface area contributed by atoms with Gasteiger partial charge >= 0.3 is 0 Å². The Labute approximate surface area is 167 Å². The topological polar surface area (TPSA) is 86.2 Å². The lowest BCUT2D eigenvalue weighted by atomic mass is 10.1. The number of halogens is 1. The highest BCUT2D eigenvalue weighted by molar-refractivity contribution is 7.98. The summed E-state index contributed by atoms with van der Waals surface area (Å²) < 4.78 is 20.7. The second-order valence-electron chi connectivity index (χ2n) is 6.52. The third-order valence-electron chi connectivity index (χ3n) is 3.78. The SMILES string of the molecule is CC(C)Cc1nn2c(=O)cc(CSc3nnc(-c4ccccc4F)o3)nc2s1. The molecule has 0 aliphatic carbocycles. The minimum Gasteiger partial charge on any atom is -0.411 e. The van der Waals surface area contributed by atoms with Crippen LogP contribution in [0.4, 0.5) is 4.39 Å². The van der Waals surface area contributed by atoms with E-state index in [0.717, 1.165) is 11.4 Å². The number of fused-ring (bicyclic) bond motifs is 1. The summed E-state index contributed by atoms with van der Waals surface area (Å²) >= 11 is 2.66. The maximum absolute atomic E-state index is 13.8. The third kappa shape index (κ3) is 3.97. The van der Waals surface area contributed by atoms with E-state index in [2.05, 4.69) is 34.1 Å². The number of thioether (sulfide) groups is 1. The minimum absolute atomic E-state index is 0.116. The van der Waals surface area contributed by atoms with Gasteiger partial charge < -0.3 is 4.42 Å². The molecule has 0 fully saturated rings. The van der Waals surface area contributed by atoms with Crippen LogP contribution in [0.25, 0.3) is 16.4 Å². The molecule has 0 amide bonds. The molecule has 0 saturated heterocycles. The number of rotatable bonds is 6. The molecule has 4 rings (SSSR count). The fourth-order valence-corrected chi connectivity index (χ4v) is 4.33. The van der Waals surface area contributed by atoms with E-state index < -0.39 is 5.82 Å². The second-order valence-corrected chi connectivity index (χ2v) is 8.48. The molecule has 0 aliphatic heterocycles. The Kier molecular flexibility index (Phi) is 5.23. The standard InChI is InChI=1S/C18H16FN5O2S2/c1-10(2)7-14-23-24-15(25)8-11(20-17(24)28-14)9-27-18-22-21-16(26-18)12-5-3-4-6-13(12)19/h3-6,8,10H,7,9H2,1-2H3. The first kappa shape index (κ1) is 18.8. The van der Waals surface area contributed by atoms with Crippen molar-refractivity contribution in [2.45, 2.75) is 31.2 Å². The minimum atomic E-state index is -0.426. The zero-order valence-corrected chi connectivity index (χ0v) is 16.8. The molecule has 144 valence electrons. The van der Waals surface area contributed by atoms with E-state index in [-0.39, 0.29) is 22.2 Å². The average molecular weight is 417 g/mol. The van der Waals surface area contributed by atoms with E-state index in [1.54, 1.807) is 18.2 Å². The van der Waals surface area contributed by atoms with Crippen LogP contribution in [0.1, 0.15) is 24.5 Å². The van der Waals surface area contributed by atoms with Gasteiger partial charge in [0, 0.05) is 18.2 Å². The van der Waals surface area contributed by atoms with Crippen molar-refractivity contribution in [2.24, 2.45) is 5.92 Å². The van der Waals surface area contributed by atoms with Crippen LogP contribution in [0.3, 0.4) is 0 Å². The summed E-state index contributed by atoms with van der Waals surface area (Å²) in [6.45, 7) is 4.20. The molecule has 0 N–H and O–H groups in total. The van der Waals surface area contributed by atoms with Gasteiger partial charge in [0.1, 0.15) is 10.8 Å². The lowest BCUT2D eigenvalue weighted by Gasteiger charge is -1.98. The van der Waals surface area contributed by atoms with Gasteiger partial charge in [-0.05, 0) is 18.1 Å². The average Bonchev–Trinajstić information content (AvgIpc) is 3.27. The first-order valence-electron chi connectivity index (χ1n) is 8.59. The molecule has 0 aliphatic rings. The molecule has 0 unspecified atom stereocenters. The van der Waals surface area contributed by atoms with Crippen molar-refractivity contribution in [3.05, 3.63) is 57.2 Å². The monoisotopic (exact) mass is 417 g/mol. The second kappa shape index (κ2) is 7.80. The van der Waals surface area contributed by atoms with Crippen LogP contribution in [-0.4, -0.2) is 24.8 Å². The Balaban J connectivity index is 1.51. The van der Waals surface area contributed by atoms with Crippen LogP contribution in [0.2, 0.25) is 0 Å². The van der Waals surface area contributed by atoms with Crippen LogP contribution < -0.4 is 5.56 Å². The van der Waals surface area contributed by atoms with Crippen molar-refractivity contribution in [1.82, 2.24) is 24.8 Å². The van der Waals surface area contributed by atoms with Gasteiger partial charge in [0.2, 0.25) is 4.96 Å². The summed E-state index contributed by atoms with van der Waals surface area (Å²) in [7, 11) is 0. The number of benzene rings is 1. The first-order chi connectivity index (χ1) is 13.5. The maximum atomic E-state index is 13.8. The highest BCUT2D eigenvalue weighted by atomic mass is 32.2. The van der Waals surface area contributed by atoms with Crippen LogP contribution in [0.15, 0.2) is 44.8 Å².